The van der Waals surface area contributed by atoms with Crippen molar-refractivity contribution in [3.8, 4) is 0 Å². The van der Waals surface area contributed by atoms with E-state index in [1.54, 1.807) is 43.3 Å². The Hall–Kier alpha value is -2.11. The molecular formula is C21H23Cl2FN2O2. The summed E-state index contributed by atoms with van der Waals surface area (Å²) >= 11 is 12.2. The van der Waals surface area contributed by atoms with Crippen molar-refractivity contribution in [2.24, 2.45) is 0 Å². The van der Waals surface area contributed by atoms with Crippen LogP contribution in [0.4, 0.5) is 4.39 Å². The van der Waals surface area contributed by atoms with E-state index >= 15 is 0 Å². The molecule has 2 rings (SSSR count). The standard InChI is InChI=1S/C21H23Cl2FN2O2/c1-13(2)25-21(28)14(3)26(12-16-8-9-17(22)11-18(16)23)20(27)10-15-6-4-5-7-19(15)24/h4-9,11,13-14H,10,12H2,1-3H3,(H,25,28). The Labute approximate surface area is 174 Å². The van der Waals surface area contributed by atoms with Gasteiger partial charge in [0.15, 0.2) is 0 Å². The van der Waals surface area contributed by atoms with Crippen LogP contribution in [0.25, 0.3) is 0 Å². The minimum absolute atomic E-state index is 0.0717. The van der Waals surface area contributed by atoms with Crippen LogP contribution in [0.3, 0.4) is 0 Å². The average Bonchev–Trinajstić information content (AvgIpc) is 2.61. The number of rotatable bonds is 7. The molecule has 0 aliphatic carbocycles. The number of nitrogens with zero attached hydrogens (tertiary/aromatic N) is 1. The first-order valence-corrected chi connectivity index (χ1v) is 9.71. The van der Waals surface area contributed by atoms with Crippen molar-refractivity contribution in [3.63, 3.8) is 0 Å². The fourth-order valence-corrected chi connectivity index (χ4v) is 3.20. The molecule has 0 aliphatic rings. The molecule has 0 aliphatic heterocycles. The molecule has 2 aromatic rings. The second-order valence-corrected chi connectivity index (χ2v) is 7.71. The fourth-order valence-electron chi connectivity index (χ4n) is 2.73. The number of carbonyl (C=O) groups excluding carboxylic acids is 2. The van der Waals surface area contributed by atoms with Gasteiger partial charge in [-0.05, 0) is 50.1 Å². The van der Waals surface area contributed by atoms with Crippen molar-refractivity contribution in [2.75, 3.05) is 0 Å². The second-order valence-electron chi connectivity index (χ2n) is 6.86. The van der Waals surface area contributed by atoms with Gasteiger partial charge in [-0.25, -0.2) is 4.39 Å². The van der Waals surface area contributed by atoms with Crippen LogP contribution in [-0.4, -0.2) is 28.8 Å². The van der Waals surface area contributed by atoms with Crippen molar-refractivity contribution in [3.05, 3.63) is 69.5 Å². The number of hydrogen-bond acceptors (Lipinski definition) is 2. The molecule has 2 amide bonds. The van der Waals surface area contributed by atoms with E-state index < -0.39 is 11.9 Å². The Morgan fingerprint density at radius 1 is 1.07 bits per heavy atom. The maximum absolute atomic E-state index is 14.0. The lowest BCUT2D eigenvalue weighted by molar-refractivity contribution is -0.140. The lowest BCUT2D eigenvalue weighted by Gasteiger charge is -2.30. The van der Waals surface area contributed by atoms with Crippen molar-refractivity contribution in [2.45, 2.75) is 45.8 Å². The summed E-state index contributed by atoms with van der Waals surface area (Å²) in [7, 11) is 0. The number of hydrogen-bond donors (Lipinski definition) is 1. The van der Waals surface area contributed by atoms with Crippen LogP contribution in [0.2, 0.25) is 10.0 Å². The highest BCUT2D eigenvalue weighted by Gasteiger charge is 2.27. The smallest absolute Gasteiger partial charge is 0.242 e. The highest BCUT2D eigenvalue weighted by molar-refractivity contribution is 6.35. The third kappa shape index (κ3) is 5.94. The minimum atomic E-state index is -0.756. The van der Waals surface area contributed by atoms with E-state index in [1.807, 2.05) is 13.8 Å². The molecule has 0 saturated heterocycles. The van der Waals surface area contributed by atoms with Gasteiger partial charge in [0, 0.05) is 22.6 Å². The SMILES string of the molecule is CC(C)NC(=O)C(C)N(Cc1ccc(Cl)cc1Cl)C(=O)Cc1ccccc1F. The van der Waals surface area contributed by atoms with E-state index in [0.717, 1.165) is 0 Å². The molecule has 0 bridgehead atoms. The predicted octanol–water partition coefficient (Wildman–Crippen LogP) is 4.62. The van der Waals surface area contributed by atoms with Crippen LogP contribution in [0.1, 0.15) is 31.9 Å². The average molecular weight is 425 g/mol. The van der Waals surface area contributed by atoms with Crippen LogP contribution in [-0.2, 0) is 22.6 Å². The first-order valence-electron chi connectivity index (χ1n) is 8.96. The normalized spacial score (nSPS) is 12.0. The van der Waals surface area contributed by atoms with Gasteiger partial charge in [-0.1, -0.05) is 47.5 Å². The Morgan fingerprint density at radius 3 is 2.36 bits per heavy atom. The number of nitrogens with one attached hydrogen (secondary N) is 1. The van der Waals surface area contributed by atoms with Gasteiger partial charge in [0.1, 0.15) is 11.9 Å². The van der Waals surface area contributed by atoms with E-state index in [1.165, 1.54) is 11.0 Å². The van der Waals surface area contributed by atoms with E-state index in [0.29, 0.717) is 15.6 Å². The molecule has 0 spiro atoms. The van der Waals surface area contributed by atoms with E-state index in [-0.39, 0.29) is 36.4 Å². The number of amides is 2. The summed E-state index contributed by atoms with van der Waals surface area (Å²) in [5, 5.41) is 3.67. The van der Waals surface area contributed by atoms with Gasteiger partial charge in [0.2, 0.25) is 11.8 Å². The Bertz CT molecular complexity index is 858. The Balaban J connectivity index is 2.30. The summed E-state index contributed by atoms with van der Waals surface area (Å²) in [6.45, 7) is 5.43. The largest absolute Gasteiger partial charge is 0.352 e. The zero-order chi connectivity index (χ0) is 20.8. The zero-order valence-corrected chi connectivity index (χ0v) is 17.5. The maximum Gasteiger partial charge on any atom is 0.242 e. The summed E-state index contributed by atoms with van der Waals surface area (Å²) < 4.78 is 14.0. The van der Waals surface area contributed by atoms with E-state index in [9.17, 15) is 14.0 Å². The molecule has 2 aromatic carbocycles. The molecule has 0 saturated carbocycles. The molecule has 1 unspecified atom stereocenters. The lowest BCUT2D eigenvalue weighted by atomic mass is 10.1. The van der Waals surface area contributed by atoms with Crippen molar-refractivity contribution >= 4 is 35.0 Å². The molecule has 0 radical (unpaired) electrons. The molecule has 28 heavy (non-hydrogen) atoms. The van der Waals surface area contributed by atoms with Crippen LogP contribution in [0.15, 0.2) is 42.5 Å². The topological polar surface area (TPSA) is 49.4 Å². The molecule has 7 heteroatoms. The highest BCUT2D eigenvalue weighted by Crippen LogP contribution is 2.23. The molecular weight excluding hydrogens is 402 g/mol. The van der Waals surface area contributed by atoms with E-state index in [4.69, 9.17) is 23.2 Å². The summed E-state index contributed by atoms with van der Waals surface area (Å²) in [5.41, 5.74) is 0.924. The molecule has 0 aromatic heterocycles. The van der Waals surface area contributed by atoms with Gasteiger partial charge < -0.3 is 10.2 Å². The highest BCUT2D eigenvalue weighted by atomic mass is 35.5. The number of benzene rings is 2. The Kier molecular flexibility index (Phi) is 7.84. The van der Waals surface area contributed by atoms with Crippen molar-refractivity contribution in [1.29, 1.82) is 0 Å². The van der Waals surface area contributed by atoms with Gasteiger partial charge >= 0.3 is 0 Å². The summed E-state index contributed by atoms with van der Waals surface area (Å²) in [4.78, 5) is 26.9. The van der Waals surface area contributed by atoms with Crippen LogP contribution in [0, 0.1) is 5.82 Å². The van der Waals surface area contributed by atoms with Crippen LogP contribution < -0.4 is 5.32 Å². The Morgan fingerprint density at radius 2 is 1.75 bits per heavy atom. The molecule has 4 nitrogen and oxygen atoms in total. The molecule has 1 N–H and O–H groups in total. The van der Waals surface area contributed by atoms with Gasteiger partial charge in [0.25, 0.3) is 0 Å². The van der Waals surface area contributed by atoms with Gasteiger partial charge in [-0.2, -0.15) is 0 Å². The number of halogens is 3. The quantitative estimate of drug-likeness (QED) is 0.704. The van der Waals surface area contributed by atoms with E-state index in [2.05, 4.69) is 5.32 Å². The lowest BCUT2D eigenvalue weighted by Crippen LogP contribution is -2.49. The fraction of sp³-hybridized carbons (Fsp3) is 0.333. The summed E-state index contributed by atoms with van der Waals surface area (Å²) in [6, 6.07) is 10.2. The molecule has 150 valence electrons. The summed E-state index contributed by atoms with van der Waals surface area (Å²) in [5.74, 6) is -1.12. The minimum Gasteiger partial charge on any atom is -0.352 e. The van der Waals surface area contributed by atoms with Crippen LogP contribution >= 0.6 is 23.2 Å². The predicted molar refractivity (Wildman–Crippen MR) is 110 cm³/mol. The first kappa shape index (κ1) is 22.2. The van der Waals surface area contributed by atoms with Gasteiger partial charge in [-0.15, -0.1) is 0 Å². The maximum atomic E-state index is 14.0. The van der Waals surface area contributed by atoms with Crippen LogP contribution in [0.5, 0.6) is 0 Å². The third-order valence-electron chi connectivity index (χ3n) is 4.25. The van der Waals surface area contributed by atoms with Crippen molar-refractivity contribution in [1.82, 2.24) is 10.2 Å². The summed E-state index contributed by atoms with van der Waals surface area (Å²) in [6.07, 6.45) is -0.156. The third-order valence-corrected chi connectivity index (χ3v) is 4.84. The first-order chi connectivity index (χ1) is 13.2. The molecule has 0 heterocycles. The molecule has 0 fully saturated rings. The number of carbonyl (C=O) groups is 2. The molecule has 1 atom stereocenters. The van der Waals surface area contributed by atoms with Gasteiger partial charge in [0.05, 0.1) is 6.42 Å². The van der Waals surface area contributed by atoms with Crippen molar-refractivity contribution < 1.29 is 14.0 Å². The zero-order valence-electron chi connectivity index (χ0n) is 16.0. The monoisotopic (exact) mass is 424 g/mol. The van der Waals surface area contributed by atoms with Gasteiger partial charge in [-0.3, -0.25) is 9.59 Å². The second kappa shape index (κ2) is 9.89.